The SMILES string of the molecule is CCCC(CC(=O)O)n1c(=O)n(Cc2c[nH]c3cccc(Cl)c23)c2ccccc21. The van der Waals surface area contributed by atoms with E-state index in [4.69, 9.17) is 11.6 Å². The van der Waals surface area contributed by atoms with Gasteiger partial charge >= 0.3 is 11.7 Å². The molecule has 0 fully saturated rings. The summed E-state index contributed by atoms with van der Waals surface area (Å²) in [6.07, 6.45) is 3.21. The molecule has 0 aliphatic carbocycles. The van der Waals surface area contributed by atoms with Gasteiger partial charge in [-0.2, -0.15) is 0 Å². The summed E-state index contributed by atoms with van der Waals surface area (Å²) in [5.74, 6) is -0.907. The number of H-pyrrole nitrogens is 1. The van der Waals surface area contributed by atoms with Crippen LogP contribution in [-0.4, -0.2) is 25.2 Å². The number of fused-ring (bicyclic) bond motifs is 2. The normalized spacial score (nSPS) is 12.6. The Hall–Kier alpha value is -2.99. The highest BCUT2D eigenvalue weighted by molar-refractivity contribution is 6.35. The molecule has 2 N–H and O–H groups in total. The third kappa shape index (κ3) is 3.44. The molecule has 0 aliphatic heterocycles. The number of aromatic amines is 1. The predicted molar refractivity (Wildman–Crippen MR) is 115 cm³/mol. The molecule has 1 unspecified atom stereocenters. The first kappa shape index (κ1) is 19.3. The molecular formula is C22H22ClN3O3. The topological polar surface area (TPSA) is 80.0 Å². The molecule has 2 aromatic carbocycles. The van der Waals surface area contributed by atoms with Gasteiger partial charge in [0.2, 0.25) is 0 Å². The van der Waals surface area contributed by atoms with Crippen molar-refractivity contribution < 1.29 is 9.90 Å². The lowest BCUT2D eigenvalue weighted by atomic mass is 10.1. The lowest BCUT2D eigenvalue weighted by Crippen LogP contribution is -2.29. The molecule has 1 atom stereocenters. The average Bonchev–Trinajstić information content (AvgIpc) is 3.22. The Morgan fingerprint density at radius 1 is 1.17 bits per heavy atom. The summed E-state index contributed by atoms with van der Waals surface area (Å²) in [5, 5.41) is 10.9. The number of benzene rings is 2. The van der Waals surface area contributed by atoms with E-state index in [1.165, 1.54) is 0 Å². The van der Waals surface area contributed by atoms with Crippen LogP contribution in [0.25, 0.3) is 21.9 Å². The van der Waals surface area contributed by atoms with E-state index in [0.717, 1.165) is 33.9 Å². The number of carboxylic acids is 1. The van der Waals surface area contributed by atoms with Crippen molar-refractivity contribution in [3.05, 3.63) is 69.7 Å². The smallest absolute Gasteiger partial charge is 0.329 e. The zero-order valence-corrected chi connectivity index (χ0v) is 16.8. The lowest BCUT2D eigenvalue weighted by Gasteiger charge is -2.16. The van der Waals surface area contributed by atoms with Crippen LogP contribution in [0, 0.1) is 0 Å². The molecule has 0 aliphatic rings. The highest BCUT2D eigenvalue weighted by Crippen LogP contribution is 2.28. The Morgan fingerprint density at radius 2 is 1.93 bits per heavy atom. The Bertz CT molecular complexity index is 1250. The molecule has 0 radical (unpaired) electrons. The second-order valence-corrected chi connectivity index (χ2v) is 7.65. The largest absolute Gasteiger partial charge is 0.481 e. The van der Waals surface area contributed by atoms with Crippen LogP contribution in [-0.2, 0) is 11.3 Å². The van der Waals surface area contributed by atoms with E-state index in [-0.39, 0.29) is 18.2 Å². The molecule has 0 spiro atoms. The van der Waals surface area contributed by atoms with Crippen LogP contribution >= 0.6 is 11.6 Å². The summed E-state index contributed by atoms with van der Waals surface area (Å²) in [7, 11) is 0. The van der Waals surface area contributed by atoms with Crippen molar-refractivity contribution in [2.45, 2.75) is 38.8 Å². The van der Waals surface area contributed by atoms with Crippen LogP contribution in [0.1, 0.15) is 37.8 Å². The van der Waals surface area contributed by atoms with Gasteiger partial charge in [-0.25, -0.2) is 4.79 Å². The van der Waals surface area contributed by atoms with E-state index in [2.05, 4.69) is 4.98 Å². The van der Waals surface area contributed by atoms with E-state index in [0.29, 0.717) is 18.0 Å². The molecule has 0 amide bonds. The number of carboxylic acid groups (broad SMARTS) is 1. The van der Waals surface area contributed by atoms with E-state index >= 15 is 0 Å². The maximum Gasteiger partial charge on any atom is 0.329 e. The van der Waals surface area contributed by atoms with Crippen molar-refractivity contribution in [2.24, 2.45) is 0 Å². The number of rotatable bonds is 7. The maximum atomic E-state index is 13.4. The average molecular weight is 412 g/mol. The van der Waals surface area contributed by atoms with Crippen LogP contribution in [0.4, 0.5) is 0 Å². The Morgan fingerprint density at radius 3 is 2.66 bits per heavy atom. The number of aliphatic carboxylic acids is 1. The first-order valence-electron chi connectivity index (χ1n) is 9.67. The summed E-state index contributed by atoms with van der Waals surface area (Å²) in [4.78, 5) is 28.0. The number of imidazole rings is 1. The number of aromatic nitrogens is 3. The van der Waals surface area contributed by atoms with Gasteiger partial charge in [0.15, 0.2) is 0 Å². The van der Waals surface area contributed by atoms with E-state index in [1.807, 2.05) is 55.6 Å². The third-order valence-electron chi connectivity index (χ3n) is 5.33. The van der Waals surface area contributed by atoms with Gasteiger partial charge in [0.25, 0.3) is 0 Å². The molecule has 7 heteroatoms. The molecule has 0 saturated carbocycles. The summed E-state index contributed by atoms with van der Waals surface area (Å²) >= 11 is 6.40. The highest BCUT2D eigenvalue weighted by atomic mass is 35.5. The highest BCUT2D eigenvalue weighted by Gasteiger charge is 2.22. The fourth-order valence-electron chi connectivity index (χ4n) is 4.10. The number of para-hydroxylation sites is 2. The predicted octanol–water partition coefficient (Wildman–Crippen LogP) is 4.80. The van der Waals surface area contributed by atoms with Crippen LogP contribution in [0.15, 0.2) is 53.5 Å². The first-order valence-corrected chi connectivity index (χ1v) is 10.0. The van der Waals surface area contributed by atoms with E-state index in [9.17, 15) is 14.7 Å². The van der Waals surface area contributed by atoms with Crippen LogP contribution in [0.5, 0.6) is 0 Å². The summed E-state index contributed by atoms with van der Waals surface area (Å²) < 4.78 is 3.34. The van der Waals surface area contributed by atoms with Gasteiger partial charge in [-0.3, -0.25) is 13.9 Å². The van der Waals surface area contributed by atoms with Gasteiger partial charge in [0.05, 0.1) is 29.0 Å². The van der Waals surface area contributed by atoms with Gasteiger partial charge < -0.3 is 10.1 Å². The fraction of sp³-hybridized carbons (Fsp3) is 0.273. The Kier molecular flexibility index (Phi) is 5.20. The number of hydrogen-bond acceptors (Lipinski definition) is 2. The minimum Gasteiger partial charge on any atom is -0.481 e. The number of halogens is 1. The van der Waals surface area contributed by atoms with Crippen LogP contribution in [0.3, 0.4) is 0 Å². The van der Waals surface area contributed by atoms with Crippen molar-refractivity contribution in [3.63, 3.8) is 0 Å². The monoisotopic (exact) mass is 411 g/mol. The molecule has 6 nitrogen and oxygen atoms in total. The van der Waals surface area contributed by atoms with Gasteiger partial charge in [-0.1, -0.05) is 43.1 Å². The second-order valence-electron chi connectivity index (χ2n) is 7.24. The van der Waals surface area contributed by atoms with Crippen molar-refractivity contribution in [1.29, 1.82) is 0 Å². The van der Waals surface area contributed by atoms with Crippen molar-refractivity contribution in [3.8, 4) is 0 Å². The van der Waals surface area contributed by atoms with Crippen LogP contribution < -0.4 is 5.69 Å². The van der Waals surface area contributed by atoms with E-state index < -0.39 is 5.97 Å². The molecule has 29 heavy (non-hydrogen) atoms. The van der Waals surface area contributed by atoms with Gasteiger partial charge in [-0.05, 0) is 36.2 Å². The van der Waals surface area contributed by atoms with Gasteiger partial charge in [0, 0.05) is 23.1 Å². The summed E-state index contributed by atoms with van der Waals surface area (Å²) in [6.45, 7) is 2.34. The molecule has 2 heterocycles. The molecular weight excluding hydrogens is 390 g/mol. The quantitative estimate of drug-likeness (QED) is 0.458. The van der Waals surface area contributed by atoms with E-state index in [1.54, 1.807) is 9.13 Å². The lowest BCUT2D eigenvalue weighted by molar-refractivity contribution is -0.137. The van der Waals surface area contributed by atoms with Crippen molar-refractivity contribution >= 4 is 39.5 Å². The maximum absolute atomic E-state index is 13.4. The number of nitrogens with zero attached hydrogens (tertiary/aromatic N) is 2. The van der Waals surface area contributed by atoms with Gasteiger partial charge in [0.1, 0.15) is 0 Å². The molecule has 0 saturated heterocycles. The number of nitrogens with one attached hydrogen (secondary N) is 1. The van der Waals surface area contributed by atoms with Crippen molar-refractivity contribution in [2.75, 3.05) is 0 Å². The first-order chi connectivity index (χ1) is 14.0. The second kappa shape index (κ2) is 7.79. The third-order valence-corrected chi connectivity index (χ3v) is 5.65. The number of carbonyl (C=O) groups is 1. The molecule has 0 bridgehead atoms. The molecule has 150 valence electrons. The van der Waals surface area contributed by atoms with Crippen LogP contribution in [0.2, 0.25) is 5.02 Å². The Labute approximate surface area is 172 Å². The molecule has 4 aromatic rings. The standard InChI is InChI=1S/C22H22ClN3O3/c1-2-6-15(11-20(27)28)26-19-10-4-3-9-18(19)25(22(26)29)13-14-12-24-17-8-5-7-16(23)21(14)17/h3-5,7-10,12,15,24H,2,6,11,13H2,1H3,(H,27,28). The minimum absolute atomic E-state index is 0.0827. The zero-order chi connectivity index (χ0) is 20.5. The minimum atomic E-state index is -0.907. The fourth-order valence-corrected chi connectivity index (χ4v) is 4.39. The summed E-state index contributed by atoms with van der Waals surface area (Å²) in [6, 6.07) is 12.8. The molecule has 4 rings (SSSR count). The Balaban J connectivity index is 1.88. The molecule has 2 aromatic heterocycles. The zero-order valence-electron chi connectivity index (χ0n) is 16.1. The summed E-state index contributed by atoms with van der Waals surface area (Å²) in [5.41, 5.74) is 3.17. The van der Waals surface area contributed by atoms with Gasteiger partial charge in [-0.15, -0.1) is 0 Å². The van der Waals surface area contributed by atoms with Crippen molar-refractivity contribution in [1.82, 2.24) is 14.1 Å². The number of hydrogen-bond donors (Lipinski definition) is 2.